The Labute approximate surface area is 140 Å². The smallest absolute Gasteiger partial charge is 0.0218 e. The fourth-order valence-corrected chi connectivity index (χ4v) is 2.46. The van der Waals surface area contributed by atoms with Gasteiger partial charge in [-0.3, -0.25) is 0 Å². The number of unbranched alkanes of at least 4 members (excludes halogenated alkanes) is 9. The van der Waals surface area contributed by atoms with Crippen molar-refractivity contribution in [2.45, 2.75) is 97.3 Å². The molecule has 0 saturated heterocycles. The average Bonchev–Trinajstić information content (AvgIpc) is 2.54. The lowest BCUT2D eigenvalue weighted by Crippen LogP contribution is -2.10. The molecule has 0 aromatic rings. The highest BCUT2D eigenvalue weighted by Crippen LogP contribution is 2.07. The van der Waals surface area contributed by atoms with Gasteiger partial charge in [-0.1, -0.05) is 76.7 Å². The first-order valence-electron chi connectivity index (χ1n) is 9.76. The maximum atomic E-state index is 3.34. The molecule has 0 amide bonds. The first-order valence-corrected chi connectivity index (χ1v) is 9.76. The summed E-state index contributed by atoms with van der Waals surface area (Å²) in [6, 6.07) is 0. The molecular weight excluding hydrogens is 266 g/mol. The van der Waals surface area contributed by atoms with Crippen molar-refractivity contribution in [1.82, 2.24) is 5.32 Å². The Morgan fingerprint density at radius 2 is 1.23 bits per heavy atom. The molecule has 1 nitrogen and oxygen atoms in total. The molecule has 0 fully saturated rings. The zero-order chi connectivity index (χ0) is 16.1. The van der Waals surface area contributed by atoms with Gasteiger partial charge in [-0.25, -0.2) is 0 Å². The van der Waals surface area contributed by atoms with Crippen molar-refractivity contribution in [3.05, 3.63) is 30.8 Å². The number of rotatable bonds is 17. The van der Waals surface area contributed by atoms with Gasteiger partial charge in [0.15, 0.2) is 0 Å². The normalized spacial score (nSPS) is 11.9. The number of allylic oxidation sites excluding steroid dienone is 4. The van der Waals surface area contributed by atoms with Crippen LogP contribution in [0.4, 0.5) is 0 Å². The van der Waals surface area contributed by atoms with Crippen molar-refractivity contribution in [3.63, 3.8) is 0 Å². The van der Waals surface area contributed by atoms with Crippen molar-refractivity contribution in [3.8, 4) is 0 Å². The summed E-state index contributed by atoms with van der Waals surface area (Å²) >= 11 is 0. The van der Waals surface area contributed by atoms with Gasteiger partial charge in [0.05, 0.1) is 0 Å². The van der Waals surface area contributed by atoms with Gasteiger partial charge in [0, 0.05) is 6.54 Å². The molecule has 0 saturated carbocycles. The predicted molar refractivity (Wildman–Crippen MR) is 102 cm³/mol. The predicted octanol–water partition coefficient (Wildman–Crippen LogP) is 6.96. The fraction of sp³-hybridized carbons (Fsp3) is 0.762. The molecule has 0 aliphatic carbocycles. The van der Waals surface area contributed by atoms with E-state index >= 15 is 0 Å². The Morgan fingerprint density at radius 3 is 1.86 bits per heavy atom. The van der Waals surface area contributed by atoms with Crippen molar-refractivity contribution in [2.75, 3.05) is 6.54 Å². The summed E-state index contributed by atoms with van der Waals surface area (Å²) < 4.78 is 0. The van der Waals surface area contributed by atoms with Crippen LogP contribution in [0.5, 0.6) is 0 Å². The van der Waals surface area contributed by atoms with Crippen LogP contribution in [0, 0.1) is 6.54 Å². The van der Waals surface area contributed by atoms with E-state index in [0.29, 0.717) is 0 Å². The summed E-state index contributed by atoms with van der Waals surface area (Å²) in [5, 5.41) is 3.34. The topological polar surface area (TPSA) is 12.0 Å². The third-order valence-corrected chi connectivity index (χ3v) is 3.87. The highest BCUT2D eigenvalue weighted by molar-refractivity contribution is 4.92. The molecule has 0 aliphatic rings. The summed E-state index contributed by atoms with van der Waals surface area (Å²) in [7, 11) is 0. The Morgan fingerprint density at radius 1 is 0.636 bits per heavy atom. The van der Waals surface area contributed by atoms with Crippen LogP contribution in [0.2, 0.25) is 0 Å². The summed E-state index contributed by atoms with van der Waals surface area (Å²) in [5.41, 5.74) is 0. The summed E-state index contributed by atoms with van der Waals surface area (Å²) in [6.07, 6.45) is 26.4. The maximum absolute atomic E-state index is 3.34. The quantitative estimate of drug-likeness (QED) is 0.226. The van der Waals surface area contributed by atoms with Gasteiger partial charge < -0.3 is 5.32 Å². The van der Waals surface area contributed by atoms with Crippen LogP contribution in [0.25, 0.3) is 0 Å². The van der Waals surface area contributed by atoms with E-state index in [4.69, 9.17) is 0 Å². The van der Waals surface area contributed by atoms with Crippen LogP contribution < -0.4 is 5.32 Å². The van der Waals surface area contributed by atoms with Crippen molar-refractivity contribution in [1.29, 1.82) is 0 Å². The van der Waals surface area contributed by atoms with Crippen LogP contribution in [-0.4, -0.2) is 6.54 Å². The molecule has 1 heteroatoms. The second-order valence-corrected chi connectivity index (χ2v) is 6.15. The molecule has 0 aromatic carbocycles. The van der Waals surface area contributed by atoms with Crippen LogP contribution >= 0.6 is 0 Å². The average molecular weight is 307 g/mol. The molecule has 0 aliphatic heterocycles. The molecule has 0 bridgehead atoms. The van der Waals surface area contributed by atoms with E-state index in [2.05, 4.69) is 50.0 Å². The van der Waals surface area contributed by atoms with E-state index in [0.717, 1.165) is 19.4 Å². The molecule has 1 radical (unpaired) electrons. The minimum atomic E-state index is 1.12. The van der Waals surface area contributed by atoms with Crippen molar-refractivity contribution < 1.29 is 0 Å². The Bertz CT molecular complexity index is 242. The summed E-state index contributed by atoms with van der Waals surface area (Å²) in [6.45, 7) is 7.75. The highest BCUT2D eigenvalue weighted by atomic mass is 14.8. The van der Waals surface area contributed by atoms with E-state index < -0.39 is 0 Å². The SMILES string of the molecule is CC[CH]NCCCCCCCC/C=C\C/C=C\CCCCC. The lowest BCUT2D eigenvalue weighted by atomic mass is 10.1. The Kier molecular flexibility index (Phi) is 19.9. The molecule has 0 aromatic heterocycles. The first-order chi connectivity index (χ1) is 10.9. The lowest BCUT2D eigenvalue weighted by Gasteiger charge is -2.02. The van der Waals surface area contributed by atoms with Crippen LogP contribution in [0.1, 0.15) is 97.3 Å². The monoisotopic (exact) mass is 306 g/mol. The third kappa shape index (κ3) is 19.4. The Balaban J connectivity index is 3.11. The zero-order valence-electron chi connectivity index (χ0n) is 15.3. The van der Waals surface area contributed by atoms with Crippen LogP contribution in [0.15, 0.2) is 24.3 Å². The second kappa shape index (κ2) is 20.4. The van der Waals surface area contributed by atoms with Gasteiger partial charge in [-0.2, -0.15) is 0 Å². The van der Waals surface area contributed by atoms with Crippen LogP contribution in [-0.2, 0) is 0 Å². The van der Waals surface area contributed by atoms with Crippen LogP contribution in [0.3, 0.4) is 0 Å². The molecular formula is C21H40N. The largest absolute Gasteiger partial charge is 0.312 e. The fourth-order valence-electron chi connectivity index (χ4n) is 2.46. The number of hydrogen-bond acceptors (Lipinski definition) is 1. The summed E-state index contributed by atoms with van der Waals surface area (Å²) in [5.74, 6) is 0. The van der Waals surface area contributed by atoms with Gasteiger partial charge in [0.25, 0.3) is 0 Å². The van der Waals surface area contributed by atoms with E-state index in [1.54, 1.807) is 0 Å². The molecule has 0 spiro atoms. The molecule has 0 atom stereocenters. The minimum Gasteiger partial charge on any atom is -0.312 e. The highest BCUT2D eigenvalue weighted by Gasteiger charge is 1.91. The van der Waals surface area contributed by atoms with Gasteiger partial charge >= 0.3 is 0 Å². The molecule has 129 valence electrons. The molecule has 22 heavy (non-hydrogen) atoms. The van der Waals surface area contributed by atoms with E-state index in [9.17, 15) is 0 Å². The molecule has 1 N–H and O–H groups in total. The van der Waals surface area contributed by atoms with Crippen molar-refractivity contribution in [2.24, 2.45) is 0 Å². The second-order valence-electron chi connectivity index (χ2n) is 6.15. The maximum Gasteiger partial charge on any atom is 0.0218 e. The molecule has 0 heterocycles. The Hall–Kier alpha value is -0.560. The third-order valence-electron chi connectivity index (χ3n) is 3.87. The van der Waals surface area contributed by atoms with Gasteiger partial charge in [0.2, 0.25) is 0 Å². The standard InChI is InChI=1S/C21H40N/c1-3-5-6-7-8-9-10-11-12-13-14-15-16-17-18-19-21-22-20-4-2/h8-9,11-12,20,22H,3-7,10,13-19,21H2,1-2H3/b9-8-,12-11-. The van der Waals surface area contributed by atoms with Crippen molar-refractivity contribution >= 4 is 0 Å². The van der Waals surface area contributed by atoms with Gasteiger partial charge in [-0.15, -0.1) is 0 Å². The summed E-state index contributed by atoms with van der Waals surface area (Å²) in [4.78, 5) is 0. The van der Waals surface area contributed by atoms with E-state index in [1.807, 2.05) is 0 Å². The number of nitrogens with one attached hydrogen (secondary N) is 1. The van der Waals surface area contributed by atoms with E-state index in [1.165, 1.54) is 70.6 Å². The first kappa shape index (κ1) is 21.4. The molecule has 0 unspecified atom stereocenters. The molecule has 0 rings (SSSR count). The minimum absolute atomic E-state index is 1.12. The van der Waals surface area contributed by atoms with Gasteiger partial charge in [0.1, 0.15) is 0 Å². The van der Waals surface area contributed by atoms with E-state index in [-0.39, 0.29) is 0 Å². The van der Waals surface area contributed by atoms with Gasteiger partial charge in [-0.05, 0) is 51.5 Å². The number of hydrogen-bond donors (Lipinski definition) is 1. The zero-order valence-corrected chi connectivity index (χ0v) is 15.3. The lowest BCUT2D eigenvalue weighted by molar-refractivity contribution is 0.581.